The Balaban J connectivity index is 5.30. The summed E-state index contributed by atoms with van der Waals surface area (Å²) in [6, 6.07) is 0. The molecule has 0 heterocycles. The molecule has 0 bridgehead atoms. The molecule has 0 spiro atoms. The number of nitroso groups, excluding NO2 is 1. The van der Waals surface area contributed by atoms with Gasteiger partial charge in [-0.3, -0.25) is 0 Å². The Bertz CT molecular complexity index is 180. The Morgan fingerprint density at radius 3 is 1.31 bits per heavy atom. The minimum atomic E-state index is -5.71. The van der Waals surface area contributed by atoms with Gasteiger partial charge in [0.05, 0.1) is 0 Å². The molecule has 13 heavy (non-hydrogen) atoms. The lowest BCUT2D eigenvalue weighted by molar-refractivity contribution is -0.296. The predicted molar refractivity (Wildman–Crippen MR) is 30.9 cm³/mol. The van der Waals surface area contributed by atoms with Gasteiger partial charge in [0.1, 0.15) is 0 Å². The first-order chi connectivity index (χ1) is 5.62. The molecule has 0 aliphatic carbocycles. The summed E-state index contributed by atoms with van der Waals surface area (Å²) in [6.45, 7) is 0.600. The highest BCUT2D eigenvalue weighted by Gasteiger charge is 2.72. The first kappa shape index (κ1) is 12.2. The van der Waals surface area contributed by atoms with Crippen LogP contribution >= 0.6 is 0 Å². The molecule has 0 aliphatic rings. The van der Waals surface area contributed by atoms with Crippen LogP contribution in [0.25, 0.3) is 0 Å². The van der Waals surface area contributed by atoms with E-state index < -0.39 is 24.3 Å². The molecule has 0 aromatic carbocycles. The van der Waals surface area contributed by atoms with Crippen molar-refractivity contribution in [3.63, 3.8) is 0 Å². The summed E-state index contributed by atoms with van der Waals surface area (Å²) < 4.78 is 71.1. The molecule has 0 saturated carbocycles. The van der Waals surface area contributed by atoms with Crippen molar-refractivity contribution in [3.05, 3.63) is 4.91 Å². The summed E-state index contributed by atoms with van der Waals surface area (Å²) in [5, 5.41) is 1.18. The molecule has 8 heteroatoms. The van der Waals surface area contributed by atoms with Gasteiger partial charge in [0.15, 0.2) is 0 Å². The fraction of sp³-hybridized carbons (Fsp3) is 1.00. The maximum Gasteiger partial charge on any atom is 0.426 e. The Labute approximate surface area is 68.9 Å². The van der Waals surface area contributed by atoms with E-state index in [-0.39, 0.29) is 0 Å². The van der Waals surface area contributed by atoms with E-state index in [1.807, 2.05) is 0 Å². The molecule has 0 amide bonds. The Morgan fingerprint density at radius 2 is 1.31 bits per heavy atom. The van der Waals surface area contributed by atoms with Crippen LogP contribution in [0.4, 0.5) is 26.3 Å². The zero-order valence-electron chi connectivity index (χ0n) is 6.33. The highest BCUT2D eigenvalue weighted by atomic mass is 19.4. The summed E-state index contributed by atoms with van der Waals surface area (Å²) in [6.07, 6.45) is -12.9. The molecule has 0 atom stereocenters. The first-order valence-electron chi connectivity index (χ1n) is 3.10. The van der Waals surface area contributed by atoms with Crippen LogP contribution in [-0.4, -0.2) is 17.9 Å². The normalized spacial score (nSPS) is 14.4. The fourth-order valence-corrected chi connectivity index (χ4v) is 0.730. The standard InChI is InChI=1S/C5H5F6NO/c1-2-3(12-13,4(6,7)8)5(9,10)11/h2H2,1H3. The van der Waals surface area contributed by atoms with Crippen molar-refractivity contribution >= 4 is 0 Å². The van der Waals surface area contributed by atoms with E-state index in [4.69, 9.17) is 0 Å². The van der Waals surface area contributed by atoms with Gasteiger partial charge in [0.25, 0.3) is 5.54 Å². The van der Waals surface area contributed by atoms with Crippen molar-refractivity contribution in [2.75, 3.05) is 0 Å². The predicted octanol–water partition coefficient (Wildman–Crippen LogP) is 3.03. The van der Waals surface area contributed by atoms with Crippen LogP contribution in [0.1, 0.15) is 13.3 Å². The van der Waals surface area contributed by atoms with Gasteiger partial charge in [-0.1, -0.05) is 6.92 Å². The van der Waals surface area contributed by atoms with Gasteiger partial charge >= 0.3 is 12.4 Å². The topological polar surface area (TPSA) is 29.4 Å². The van der Waals surface area contributed by atoms with E-state index >= 15 is 0 Å². The van der Waals surface area contributed by atoms with Gasteiger partial charge in [-0.15, -0.1) is 4.91 Å². The van der Waals surface area contributed by atoms with Crippen molar-refractivity contribution in [1.29, 1.82) is 0 Å². The largest absolute Gasteiger partial charge is 0.426 e. The van der Waals surface area contributed by atoms with Gasteiger partial charge in [-0.25, -0.2) is 0 Å². The SMILES string of the molecule is CCC(N=O)(C(F)(F)F)C(F)(F)F. The molecule has 2 nitrogen and oxygen atoms in total. The molecule has 0 aromatic rings. The van der Waals surface area contributed by atoms with Crippen LogP contribution in [0.5, 0.6) is 0 Å². The van der Waals surface area contributed by atoms with Crippen LogP contribution < -0.4 is 0 Å². The minimum absolute atomic E-state index is 0.600. The van der Waals surface area contributed by atoms with E-state index in [2.05, 4.69) is 0 Å². The molecule has 78 valence electrons. The van der Waals surface area contributed by atoms with E-state index in [1.54, 1.807) is 0 Å². The molecule has 0 N–H and O–H groups in total. The average Bonchev–Trinajstić information content (AvgIpc) is 1.84. The minimum Gasteiger partial charge on any atom is -0.168 e. The summed E-state index contributed by atoms with van der Waals surface area (Å²) in [5.41, 5.74) is -4.47. The number of alkyl halides is 6. The molecule has 0 radical (unpaired) electrons. The van der Waals surface area contributed by atoms with Gasteiger partial charge in [-0.05, 0) is 11.6 Å². The second-order valence-electron chi connectivity index (χ2n) is 2.30. The zero-order valence-corrected chi connectivity index (χ0v) is 6.33. The number of hydrogen-bond donors (Lipinski definition) is 0. The van der Waals surface area contributed by atoms with E-state index in [9.17, 15) is 31.2 Å². The summed E-state index contributed by atoms with van der Waals surface area (Å²) in [4.78, 5) is 9.66. The van der Waals surface area contributed by atoms with Gasteiger partial charge < -0.3 is 0 Å². The number of halogens is 6. The average molecular weight is 209 g/mol. The Morgan fingerprint density at radius 1 is 1.00 bits per heavy atom. The second kappa shape index (κ2) is 3.15. The molecule has 0 fully saturated rings. The first-order valence-corrected chi connectivity index (χ1v) is 3.10. The Kier molecular flexibility index (Phi) is 2.95. The van der Waals surface area contributed by atoms with Crippen molar-refractivity contribution in [1.82, 2.24) is 0 Å². The third kappa shape index (κ3) is 1.75. The van der Waals surface area contributed by atoms with Crippen LogP contribution in [-0.2, 0) is 0 Å². The zero-order chi connectivity index (χ0) is 10.9. The number of hydrogen-bond acceptors (Lipinski definition) is 2. The second-order valence-corrected chi connectivity index (χ2v) is 2.30. The smallest absolute Gasteiger partial charge is 0.168 e. The van der Waals surface area contributed by atoms with E-state index in [0.717, 1.165) is 0 Å². The molecule has 0 saturated heterocycles. The lowest BCUT2D eigenvalue weighted by atomic mass is 9.96. The van der Waals surface area contributed by atoms with Gasteiger partial charge in [0.2, 0.25) is 0 Å². The molecule has 0 aliphatic heterocycles. The third-order valence-corrected chi connectivity index (χ3v) is 1.61. The summed E-state index contributed by atoms with van der Waals surface area (Å²) in [5.74, 6) is 0. The summed E-state index contributed by atoms with van der Waals surface area (Å²) >= 11 is 0. The van der Waals surface area contributed by atoms with Crippen molar-refractivity contribution in [2.45, 2.75) is 31.2 Å². The Hall–Kier alpha value is -0.820. The number of rotatable bonds is 2. The quantitative estimate of drug-likeness (QED) is 0.507. The summed E-state index contributed by atoms with van der Waals surface area (Å²) in [7, 11) is 0. The highest BCUT2D eigenvalue weighted by Crippen LogP contribution is 2.47. The van der Waals surface area contributed by atoms with Crippen molar-refractivity contribution < 1.29 is 26.3 Å². The fourth-order valence-electron chi connectivity index (χ4n) is 0.730. The van der Waals surface area contributed by atoms with Crippen LogP contribution in [0.2, 0.25) is 0 Å². The number of nitrogens with zero attached hydrogens (tertiary/aromatic N) is 1. The monoisotopic (exact) mass is 209 g/mol. The van der Waals surface area contributed by atoms with Crippen molar-refractivity contribution in [3.8, 4) is 0 Å². The van der Waals surface area contributed by atoms with Crippen LogP contribution in [0.3, 0.4) is 0 Å². The van der Waals surface area contributed by atoms with Crippen molar-refractivity contribution in [2.24, 2.45) is 5.18 Å². The van der Waals surface area contributed by atoms with Gasteiger partial charge in [0, 0.05) is 0 Å². The maximum atomic E-state index is 11.9. The molecule has 0 aromatic heterocycles. The van der Waals surface area contributed by atoms with Crippen LogP contribution in [0.15, 0.2) is 5.18 Å². The highest BCUT2D eigenvalue weighted by molar-refractivity contribution is 5.00. The van der Waals surface area contributed by atoms with E-state index in [0.29, 0.717) is 6.92 Å². The lowest BCUT2D eigenvalue weighted by Gasteiger charge is -2.29. The molecule has 0 unspecified atom stereocenters. The van der Waals surface area contributed by atoms with Crippen LogP contribution in [0, 0.1) is 4.91 Å². The lowest BCUT2D eigenvalue weighted by Crippen LogP contribution is -2.54. The maximum absolute atomic E-state index is 11.9. The molecular formula is C5H5F6NO. The van der Waals surface area contributed by atoms with Gasteiger partial charge in [-0.2, -0.15) is 26.3 Å². The molecule has 0 rings (SSSR count). The molecular weight excluding hydrogens is 204 g/mol. The third-order valence-electron chi connectivity index (χ3n) is 1.61. The van der Waals surface area contributed by atoms with E-state index in [1.165, 1.54) is 5.18 Å².